The van der Waals surface area contributed by atoms with Gasteiger partial charge in [0, 0.05) is 16.1 Å². The molecule has 27 heavy (non-hydrogen) atoms. The zero-order chi connectivity index (χ0) is 18.7. The Morgan fingerprint density at radius 3 is 2.44 bits per heavy atom. The lowest BCUT2D eigenvalue weighted by atomic mass is 9.83. The Labute approximate surface area is 160 Å². The minimum atomic E-state index is -0.670. The van der Waals surface area contributed by atoms with Crippen LogP contribution in [0, 0.1) is 11.8 Å². The van der Waals surface area contributed by atoms with Crippen LogP contribution in [0.3, 0.4) is 0 Å². The maximum atomic E-state index is 13.3. The van der Waals surface area contributed by atoms with Crippen molar-refractivity contribution in [2.75, 3.05) is 0 Å². The fraction of sp³-hybridized carbons (Fsp3) is 0.190. The third-order valence-corrected chi connectivity index (χ3v) is 6.12. The van der Waals surface area contributed by atoms with Gasteiger partial charge >= 0.3 is 0 Å². The third-order valence-electron chi connectivity index (χ3n) is 5.87. The topological polar surface area (TPSA) is 67.7 Å². The number of imide groups is 1. The zero-order valence-electron chi connectivity index (χ0n) is 14.2. The SMILES string of the molecule is O=C1NC(=O)[C@H]2[C@@H]1[C@@H](C(=O)c1ccc(Cl)cc1)[NH+]1C=Cc3ccccc3[C@H]21. The fourth-order valence-corrected chi connectivity index (χ4v) is 4.89. The van der Waals surface area contributed by atoms with E-state index < -0.39 is 17.9 Å². The second-order valence-corrected chi connectivity index (χ2v) is 7.63. The lowest BCUT2D eigenvalue weighted by Crippen LogP contribution is -3.12. The summed E-state index contributed by atoms with van der Waals surface area (Å²) < 4.78 is 0. The minimum Gasteiger partial charge on any atom is -0.295 e. The summed E-state index contributed by atoms with van der Waals surface area (Å²) in [4.78, 5) is 39.3. The van der Waals surface area contributed by atoms with Crippen molar-refractivity contribution in [3.63, 3.8) is 0 Å². The van der Waals surface area contributed by atoms with E-state index in [9.17, 15) is 14.4 Å². The first kappa shape index (κ1) is 16.4. The Balaban J connectivity index is 1.64. The number of rotatable bonds is 2. The van der Waals surface area contributed by atoms with Gasteiger partial charge in [-0.25, -0.2) is 0 Å². The molecule has 2 aromatic rings. The van der Waals surface area contributed by atoms with Crippen molar-refractivity contribution in [3.05, 3.63) is 76.4 Å². The van der Waals surface area contributed by atoms with Crippen molar-refractivity contribution >= 4 is 35.3 Å². The number of nitrogens with one attached hydrogen (secondary N) is 2. The molecule has 1 unspecified atom stereocenters. The second kappa shape index (κ2) is 5.87. The number of carbonyl (C=O) groups excluding carboxylic acids is 3. The largest absolute Gasteiger partial charge is 0.295 e. The van der Waals surface area contributed by atoms with Crippen LogP contribution < -0.4 is 10.2 Å². The molecule has 0 aliphatic carbocycles. The summed E-state index contributed by atoms with van der Waals surface area (Å²) in [6, 6.07) is 13.6. The normalized spacial score (nSPS) is 30.5. The van der Waals surface area contributed by atoms with Crippen molar-refractivity contribution in [1.29, 1.82) is 0 Å². The van der Waals surface area contributed by atoms with Crippen molar-refractivity contribution in [3.8, 4) is 0 Å². The summed E-state index contributed by atoms with van der Waals surface area (Å²) in [7, 11) is 0. The van der Waals surface area contributed by atoms with Crippen LogP contribution in [-0.4, -0.2) is 23.6 Å². The highest BCUT2D eigenvalue weighted by molar-refractivity contribution is 6.30. The van der Waals surface area contributed by atoms with E-state index in [0.29, 0.717) is 10.6 Å². The molecule has 134 valence electrons. The molecule has 5 atom stereocenters. The lowest BCUT2D eigenvalue weighted by Gasteiger charge is -2.29. The molecule has 0 saturated carbocycles. The van der Waals surface area contributed by atoms with Crippen molar-refractivity contribution < 1.29 is 19.3 Å². The van der Waals surface area contributed by atoms with Crippen molar-refractivity contribution in [2.45, 2.75) is 12.1 Å². The van der Waals surface area contributed by atoms with E-state index in [-0.39, 0.29) is 23.6 Å². The number of ketones is 1. The summed E-state index contributed by atoms with van der Waals surface area (Å²) in [5, 5.41) is 2.98. The monoisotopic (exact) mass is 379 g/mol. The van der Waals surface area contributed by atoms with E-state index in [1.54, 1.807) is 24.3 Å². The number of halogens is 1. The number of Topliss-reactive ketones (excluding diaryl/α,β-unsaturated/α-hetero) is 1. The van der Waals surface area contributed by atoms with Gasteiger partial charge in [0.1, 0.15) is 17.9 Å². The van der Waals surface area contributed by atoms with Gasteiger partial charge in [-0.15, -0.1) is 0 Å². The molecule has 0 radical (unpaired) electrons. The second-order valence-electron chi connectivity index (χ2n) is 7.19. The molecule has 0 spiro atoms. The van der Waals surface area contributed by atoms with Gasteiger partial charge in [0.05, 0.1) is 6.20 Å². The lowest BCUT2D eigenvalue weighted by molar-refractivity contribution is -0.884. The summed E-state index contributed by atoms with van der Waals surface area (Å²) in [6.45, 7) is 0. The van der Waals surface area contributed by atoms with Crippen LogP contribution in [0.1, 0.15) is 27.5 Å². The maximum Gasteiger partial charge on any atom is 0.237 e. The highest BCUT2D eigenvalue weighted by Crippen LogP contribution is 2.41. The van der Waals surface area contributed by atoms with E-state index in [0.717, 1.165) is 16.0 Å². The summed E-state index contributed by atoms with van der Waals surface area (Å²) in [5.41, 5.74) is 2.52. The van der Waals surface area contributed by atoms with E-state index >= 15 is 0 Å². The maximum absolute atomic E-state index is 13.3. The van der Waals surface area contributed by atoms with Crippen LogP contribution in [0.2, 0.25) is 5.02 Å². The quantitative estimate of drug-likeness (QED) is 0.612. The predicted octanol–water partition coefficient (Wildman–Crippen LogP) is 1.40. The Morgan fingerprint density at radius 1 is 0.963 bits per heavy atom. The molecule has 2 N–H and O–H groups in total. The molecular formula is C21H16ClN2O3+. The van der Waals surface area contributed by atoms with E-state index in [1.807, 2.05) is 36.5 Å². The fourth-order valence-electron chi connectivity index (χ4n) is 4.76. The first-order chi connectivity index (χ1) is 13.1. The third kappa shape index (κ3) is 2.32. The van der Waals surface area contributed by atoms with Crippen LogP contribution in [0.4, 0.5) is 0 Å². The van der Waals surface area contributed by atoms with Crippen LogP contribution in [-0.2, 0) is 9.59 Å². The molecule has 3 aliphatic rings. The minimum absolute atomic E-state index is 0.145. The highest BCUT2D eigenvalue weighted by Gasteiger charge is 2.65. The van der Waals surface area contributed by atoms with Gasteiger partial charge in [0.25, 0.3) is 0 Å². The summed E-state index contributed by atoms with van der Waals surface area (Å²) in [5.74, 6) is -2.00. The molecule has 2 fully saturated rings. The number of hydrogen-bond donors (Lipinski definition) is 2. The first-order valence-electron chi connectivity index (χ1n) is 8.84. The zero-order valence-corrected chi connectivity index (χ0v) is 14.9. The van der Waals surface area contributed by atoms with Gasteiger partial charge in [-0.2, -0.15) is 0 Å². The first-order valence-corrected chi connectivity index (χ1v) is 9.22. The number of fused-ring (bicyclic) bond motifs is 5. The molecular weight excluding hydrogens is 364 g/mol. The van der Waals surface area contributed by atoms with Crippen LogP contribution in [0.5, 0.6) is 0 Å². The average molecular weight is 380 g/mol. The van der Waals surface area contributed by atoms with Crippen LogP contribution in [0.25, 0.3) is 6.08 Å². The van der Waals surface area contributed by atoms with Gasteiger partial charge < -0.3 is 0 Å². The smallest absolute Gasteiger partial charge is 0.237 e. The number of amides is 2. The average Bonchev–Trinajstić information content (AvgIpc) is 3.17. The molecule has 5 rings (SSSR count). The molecule has 5 nitrogen and oxygen atoms in total. The van der Waals surface area contributed by atoms with Gasteiger partial charge in [-0.3, -0.25) is 24.6 Å². The van der Waals surface area contributed by atoms with Crippen molar-refractivity contribution in [1.82, 2.24) is 5.32 Å². The summed E-state index contributed by atoms with van der Waals surface area (Å²) in [6.07, 6.45) is 3.89. The molecule has 2 aromatic carbocycles. The Kier molecular flexibility index (Phi) is 3.57. The van der Waals surface area contributed by atoms with Crippen molar-refractivity contribution in [2.24, 2.45) is 11.8 Å². The molecule has 2 amide bonds. The molecule has 2 saturated heterocycles. The Morgan fingerprint density at radius 2 is 1.67 bits per heavy atom. The molecule has 0 bridgehead atoms. The van der Waals surface area contributed by atoms with Crippen LogP contribution in [0.15, 0.2) is 54.7 Å². The predicted molar refractivity (Wildman–Crippen MR) is 98.9 cm³/mol. The molecule has 6 heteroatoms. The van der Waals surface area contributed by atoms with E-state index in [1.165, 1.54) is 0 Å². The number of quaternary nitrogens is 1. The van der Waals surface area contributed by atoms with Gasteiger partial charge in [-0.05, 0) is 35.9 Å². The Bertz CT molecular complexity index is 1010. The number of carbonyl (C=O) groups is 3. The van der Waals surface area contributed by atoms with Gasteiger partial charge in [0.2, 0.25) is 17.6 Å². The number of benzene rings is 2. The Hall–Kier alpha value is -2.76. The molecule has 3 heterocycles. The number of hydrogen-bond acceptors (Lipinski definition) is 3. The highest BCUT2D eigenvalue weighted by atomic mass is 35.5. The van der Waals surface area contributed by atoms with E-state index in [4.69, 9.17) is 11.6 Å². The van der Waals surface area contributed by atoms with E-state index in [2.05, 4.69) is 5.32 Å². The summed E-state index contributed by atoms with van der Waals surface area (Å²) >= 11 is 5.94. The molecule has 0 aromatic heterocycles. The van der Waals surface area contributed by atoms with Gasteiger partial charge in [-0.1, -0.05) is 35.9 Å². The standard InChI is InChI=1S/C21H15ClN2O3/c22-13-7-5-12(6-8-13)19(25)18-16-15(20(26)23-21(16)27)17-14-4-2-1-3-11(14)9-10-24(17)18/h1-10,15-18H,(H,23,26,27)/p+1/t15-,16+,17+,18-/m0/s1. The van der Waals surface area contributed by atoms with Crippen LogP contribution >= 0.6 is 11.6 Å². The van der Waals surface area contributed by atoms with Gasteiger partial charge in [0.15, 0.2) is 6.04 Å². The molecule has 3 aliphatic heterocycles.